The molecule has 0 aliphatic carbocycles. The van der Waals surface area contributed by atoms with E-state index in [4.69, 9.17) is 0 Å². The fraction of sp³-hybridized carbons (Fsp3) is 0.455. The number of aryl methyl sites for hydroxylation is 1. The van der Waals surface area contributed by atoms with Gasteiger partial charge in [-0.25, -0.2) is 5.32 Å². The molecule has 1 aromatic rings. The number of hydrogen-bond acceptors (Lipinski definition) is 1. The molecule has 0 aromatic heterocycles. The Morgan fingerprint density at radius 3 is 3.08 bits per heavy atom. The van der Waals surface area contributed by atoms with E-state index in [9.17, 15) is 0 Å². The van der Waals surface area contributed by atoms with Crippen LogP contribution in [0.4, 0.5) is 0 Å². The van der Waals surface area contributed by atoms with Crippen molar-refractivity contribution in [1.29, 1.82) is 0 Å². The predicted octanol–water partition coefficient (Wildman–Crippen LogP) is 1.24. The minimum absolute atomic E-state index is 0.369. The number of benzene rings is 1. The Labute approximate surface area is 79.4 Å². The number of nitrogens with one attached hydrogen (secondary N) is 1. The molecule has 2 heteroatoms. The molecule has 13 heavy (non-hydrogen) atoms. The van der Waals surface area contributed by atoms with Crippen LogP contribution in [0.3, 0.4) is 0 Å². The van der Waals surface area contributed by atoms with E-state index in [0.717, 1.165) is 19.6 Å². The molecular formula is C11H15N2. The Bertz CT molecular complexity index is 277. The Morgan fingerprint density at radius 2 is 2.38 bits per heavy atom. The summed E-state index contributed by atoms with van der Waals surface area (Å²) in [6, 6.07) is 8.98. The largest absolute Gasteiger partial charge is 0.313 e. The maximum atomic E-state index is 4.58. The van der Waals surface area contributed by atoms with Gasteiger partial charge >= 0.3 is 0 Å². The van der Waals surface area contributed by atoms with Crippen molar-refractivity contribution >= 4 is 0 Å². The van der Waals surface area contributed by atoms with Crippen molar-refractivity contribution in [3.63, 3.8) is 0 Å². The normalized spacial score (nSPS) is 23.0. The van der Waals surface area contributed by atoms with Gasteiger partial charge in [-0.2, -0.15) is 0 Å². The van der Waals surface area contributed by atoms with E-state index in [-0.39, 0.29) is 0 Å². The maximum absolute atomic E-state index is 4.58. The fourth-order valence-corrected chi connectivity index (χ4v) is 1.70. The highest BCUT2D eigenvalue weighted by atomic mass is 15.1. The molecule has 0 spiro atoms. The van der Waals surface area contributed by atoms with Crippen molar-refractivity contribution < 1.29 is 0 Å². The zero-order valence-corrected chi connectivity index (χ0v) is 7.96. The molecular weight excluding hydrogens is 160 g/mol. The van der Waals surface area contributed by atoms with Crippen LogP contribution in [0.2, 0.25) is 0 Å². The molecule has 1 unspecified atom stereocenters. The van der Waals surface area contributed by atoms with E-state index in [1.807, 2.05) is 0 Å². The molecule has 1 aliphatic heterocycles. The lowest BCUT2D eigenvalue weighted by atomic mass is 10.0. The maximum Gasteiger partial charge on any atom is 0.0620 e. The summed E-state index contributed by atoms with van der Waals surface area (Å²) in [4.78, 5) is 0. The Balaban J connectivity index is 2.14. The third kappa shape index (κ3) is 2.08. The molecule has 1 radical (unpaired) electrons. The second kappa shape index (κ2) is 3.90. The predicted molar refractivity (Wildman–Crippen MR) is 53.8 cm³/mol. The van der Waals surface area contributed by atoms with Gasteiger partial charge in [-0.05, 0) is 12.5 Å². The van der Waals surface area contributed by atoms with Crippen LogP contribution in [-0.4, -0.2) is 19.6 Å². The van der Waals surface area contributed by atoms with Crippen LogP contribution in [0.5, 0.6) is 0 Å². The molecule has 1 fully saturated rings. The van der Waals surface area contributed by atoms with Crippen molar-refractivity contribution in [2.24, 2.45) is 0 Å². The zero-order chi connectivity index (χ0) is 9.10. The summed E-state index contributed by atoms with van der Waals surface area (Å²) < 4.78 is 0. The minimum Gasteiger partial charge on any atom is -0.313 e. The van der Waals surface area contributed by atoms with Crippen LogP contribution in [0, 0.1) is 6.92 Å². The van der Waals surface area contributed by atoms with Gasteiger partial charge in [-0.1, -0.05) is 29.8 Å². The van der Waals surface area contributed by atoms with Crippen LogP contribution >= 0.6 is 0 Å². The van der Waals surface area contributed by atoms with Crippen molar-refractivity contribution in [3.05, 3.63) is 35.4 Å². The first-order chi connectivity index (χ1) is 6.36. The van der Waals surface area contributed by atoms with Gasteiger partial charge in [-0.15, -0.1) is 0 Å². The lowest BCUT2D eigenvalue weighted by molar-refractivity contribution is 0.421. The van der Waals surface area contributed by atoms with Gasteiger partial charge < -0.3 is 5.32 Å². The summed E-state index contributed by atoms with van der Waals surface area (Å²) in [5, 5.41) is 7.94. The molecule has 69 valence electrons. The summed E-state index contributed by atoms with van der Waals surface area (Å²) in [7, 11) is 0. The first-order valence-corrected chi connectivity index (χ1v) is 4.80. The Kier molecular flexibility index (Phi) is 2.62. The topological polar surface area (TPSA) is 26.1 Å². The summed E-state index contributed by atoms with van der Waals surface area (Å²) >= 11 is 0. The van der Waals surface area contributed by atoms with Gasteiger partial charge in [0, 0.05) is 19.6 Å². The number of rotatable bonds is 1. The van der Waals surface area contributed by atoms with Crippen LogP contribution in [0.25, 0.3) is 0 Å². The molecule has 1 aromatic carbocycles. The summed E-state index contributed by atoms with van der Waals surface area (Å²) in [5.74, 6) is 0. The van der Waals surface area contributed by atoms with Crippen molar-refractivity contribution in [2.45, 2.75) is 13.0 Å². The zero-order valence-electron chi connectivity index (χ0n) is 7.96. The lowest BCUT2D eigenvalue weighted by Crippen LogP contribution is -2.38. The number of hydrogen-bond donors (Lipinski definition) is 1. The summed E-state index contributed by atoms with van der Waals surface area (Å²) in [6.07, 6.45) is 0. The van der Waals surface area contributed by atoms with Gasteiger partial charge in [0.2, 0.25) is 0 Å². The fourth-order valence-electron chi connectivity index (χ4n) is 1.70. The van der Waals surface area contributed by atoms with Gasteiger partial charge in [0.05, 0.1) is 6.04 Å². The molecule has 0 bridgehead atoms. The molecule has 0 amide bonds. The second-order valence-corrected chi connectivity index (χ2v) is 3.54. The van der Waals surface area contributed by atoms with Crippen LogP contribution in [0.15, 0.2) is 24.3 Å². The van der Waals surface area contributed by atoms with E-state index in [0.29, 0.717) is 6.04 Å². The minimum atomic E-state index is 0.369. The van der Waals surface area contributed by atoms with Crippen molar-refractivity contribution in [3.8, 4) is 0 Å². The van der Waals surface area contributed by atoms with Gasteiger partial charge in [-0.3, -0.25) is 0 Å². The molecule has 1 atom stereocenters. The molecule has 1 heterocycles. The third-order valence-corrected chi connectivity index (χ3v) is 2.40. The van der Waals surface area contributed by atoms with Gasteiger partial charge in [0.1, 0.15) is 0 Å². The average Bonchev–Trinajstić information content (AvgIpc) is 2.19. The Morgan fingerprint density at radius 1 is 1.46 bits per heavy atom. The highest BCUT2D eigenvalue weighted by molar-refractivity contribution is 5.25. The van der Waals surface area contributed by atoms with Crippen molar-refractivity contribution in [1.82, 2.24) is 10.6 Å². The van der Waals surface area contributed by atoms with Crippen LogP contribution < -0.4 is 10.6 Å². The van der Waals surface area contributed by atoms with E-state index in [1.54, 1.807) is 0 Å². The number of piperazine rings is 1. The standard InChI is InChI=1S/C11H15N2/c1-9-3-2-4-10(7-9)11-8-12-5-6-13-11/h2-4,7,11-12H,5-6,8H2,1H3. The van der Waals surface area contributed by atoms with Crippen LogP contribution in [-0.2, 0) is 0 Å². The van der Waals surface area contributed by atoms with Crippen molar-refractivity contribution in [2.75, 3.05) is 19.6 Å². The summed E-state index contributed by atoms with van der Waals surface area (Å²) in [5.41, 5.74) is 2.66. The number of nitrogens with zero attached hydrogens (tertiary/aromatic N) is 1. The third-order valence-electron chi connectivity index (χ3n) is 2.40. The molecule has 1 N–H and O–H groups in total. The van der Waals surface area contributed by atoms with E-state index in [1.165, 1.54) is 11.1 Å². The van der Waals surface area contributed by atoms with E-state index < -0.39 is 0 Å². The SMILES string of the molecule is Cc1cccc(C2CNCC[N]2)c1. The monoisotopic (exact) mass is 175 g/mol. The quantitative estimate of drug-likeness (QED) is 0.683. The highest BCUT2D eigenvalue weighted by Gasteiger charge is 2.14. The molecule has 0 saturated carbocycles. The molecule has 1 saturated heterocycles. The Hall–Kier alpha value is -0.860. The van der Waals surface area contributed by atoms with Gasteiger partial charge in [0.25, 0.3) is 0 Å². The van der Waals surface area contributed by atoms with E-state index in [2.05, 4.69) is 41.8 Å². The molecule has 1 aliphatic rings. The first kappa shape index (κ1) is 8.73. The molecule has 2 nitrogen and oxygen atoms in total. The average molecular weight is 175 g/mol. The first-order valence-electron chi connectivity index (χ1n) is 4.80. The van der Waals surface area contributed by atoms with E-state index >= 15 is 0 Å². The molecule has 2 rings (SSSR count). The lowest BCUT2D eigenvalue weighted by Gasteiger charge is -2.23. The summed E-state index contributed by atoms with van der Waals surface area (Å²) in [6.45, 7) is 5.09. The van der Waals surface area contributed by atoms with Crippen LogP contribution in [0.1, 0.15) is 17.2 Å². The second-order valence-electron chi connectivity index (χ2n) is 3.54. The smallest absolute Gasteiger partial charge is 0.0620 e. The highest BCUT2D eigenvalue weighted by Crippen LogP contribution is 2.15. The van der Waals surface area contributed by atoms with Gasteiger partial charge in [0.15, 0.2) is 0 Å².